The first-order valence-corrected chi connectivity index (χ1v) is 6.73. The average Bonchev–Trinajstić information content (AvgIpc) is 2.51. The zero-order valence-corrected chi connectivity index (χ0v) is 10.1. The predicted molar refractivity (Wildman–Crippen MR) is 63.1 cm³/mol. The second-order valence-electron chi connectivity index (χ2n) is 3.84. The van der Waals surface area contributed by atoms with Crippen molar-refractivity contribution in [3.8, 4) is 0 Å². The summed E-state index contributed by atoms with van der Waals surface area (Å²) in [5, 5.41) is 0. The average molecular weight is 238 g/mol. The Morgan fingerprint density at radius 2 is 2.06 bits per heavy atom. The third-order valence-corrected chi connectivity index (χ3v) is 4.00. The normalized spacial score (nSPS) is 21.5. The molecule has 5 heteroatoms. The molecule has 2 rings (SSSR count). The Bertz CT molecular complexity index is 535. The Kier molecular flexibility index (Phi) is 2.71. The molecular formula is C11H14N2O2S. The highest BCUT2D eigenvalue weighted by atomic mass is 32.2. The van der Waals surface area contributed by atoms with Crippen molar-refractivity contribution in [2.75, 3.05) is 0 Å². The molecule has 0 amide bonds. The zero-order chi connectivity index (χ0) is 11.8. The van der Waals surface area contributed by atoms with E-state index in [0.29, 0.717) is 16.3 Å². The first-order valence-electron chi connectivity index (χ1n) is 5.24. The van der Waals surface area contributed by atoms with Crippen LogP contribution in [0.4, 0.5) is 0 Å². The van der Waals surface area contributed by atoms with Crippen LogP contribution in [0.15, 0.2) is 34.2 Å². The van der Waals surface area contributed by atoms with Crippen LogP contribution in [0.1, 0.15) is 25.8 Å². The van der Waals surface area contributed by atoms with Gasteiger partial charge in [-0.25, -0.2) is 8.42 Å². The van der Waals surface area contributed by atoms with E-state index in [9.17, 15) is 8.42 Å². The van der Waals surface area contributed by atoms with E-state index in [4.69, 9.17) is 0 Å². The van der Waals surface area contributed by atoms with Crippen molar-refractivity contribution < 1.29 is 8.42 Å². The molecule has 16 heavy (non-hydrogen) atoms. The van der Waals surface area contributed by atoms with Gasteiger partial charge in [-0.3, -0.25) is 9.71 Å². The summed E-state index contributed by atoms with van der Waals surface area (Å²) in [7, 11) is -3.39. The van der Waals surface area contributed by atoms with E-state index in [1.54, 1.807) is 18.2 Å². The summed E-state index contributed by atoms with van der Waals surface area (Å²) in [6.45, 7) is 3.98. The van der Waals surface area contributed by atoms with Crippen LogP contribution in [0.5, 0.6) is 0 Å². The summed E-state index contributed by atoms with van der Waals surface area (Å²) >= 11 is 0. The summed E-state index contributed by atoms with van der Waals surface area (Å²) in [4.78, 5) is 4.67. The largest absolute Gasteiger partial charge is 0.264 e. The molecule has 1 unspecified atom stereocenters. The number of hydrogen-bond donors (Lipinski definition) is 1. The highest BCUT2D eigenvalue weighted by Crippen LogP contribution is 2.22. The third-order valence-electron chi connectivity index (χ3n) is 2.60. The number of nitrogens with zero attached hydrogens (tertiary/aromatic N) is 1. The number of rotatable bonds is 2. The minimum atomic E-state index is -3.39. The summed E-state index contributed by atoms with van der Waals surface area (Å²) < 4.78 is 26.0. The van der Waals surface area contributed by atoms with Gasteiger partial charge in [0.1, 0.15) is 5.84 Å². The lowest BCUT2D eigenvalue weighted by atomic mass is 10.2. The van der Waals surface area contributed by atoms with Gasteiger partial charge in [-0.15, -0.1) is 0 Å². The fraction of sp³-hybridized carbons (Fsp3) is 0.364. The number of aliphatic imine (C=N–C) groups is 1. The van der Waals surface area contributed by atoms with Gasteiger partial charge in [0.15, 0.2) is 0 Å². The lowest BCUT2D eigenvalue weighted by molar-refractivity contribution is 0.595. The van der Waals surface area contributed by atoms with E-state index in [0.717, 1.165) is 6.42 Å². The van der Waals surface area contributed by atoms with Crippen molar-refractivity contribution in [3.63, 3.8) is 0 Å². The van der Waals surface area contributed by atoms with Gasteiger partial charge in [0, 0.05) is 11.6 Å². The quantitative estimate of drug-likeness (QED) is 0.849. The van der Waals surface area contributed by atoms with Crippen molar-refractivity contribution in [3.05, 3.63) is 29.8 Å². The van der Waals surface area contributed by atoms with Gasteiger partial charge in [0.2, 0.25) is 0 Å². The predicted octanol–water partition coefficient (Wildman–Crippen LogP) is 1.52. The number of hydrogen-bond acceptors (Lipinski definition) is 3. The molecule has 0 saturated carbocycles. The van der Waals surface area contributed by atoms with E-state index in [2.05, 4.69) is 9.71 Å². The van der Waals surface area contributed by atoms with Crippen molar-refractivity contribution in [1.29, 1.82) is 0 Å². The topological polar surface area (TPSA) is 58.5 Å². The van der Waals surface area contributed by atoms with Crippen LogP contribution in [0.3, 0.4) is 0 Å². The van der Waals surface area contributed by atoms with Crippen molar-refractivity contribution in [1.82, 2.24) is 4.72 Å². The number of sulfonamides is 1. The molecule has 0 spiro atoms. The van der Waals surface area contributed by atoms with Gasteiger partial charge < -0.3 is 0 Å². The van der Waals surface area contributed by atoms with Crippen LogP contribution >= 0.6 is 0 Å². The highest BCUT2D eigenvalue weighted by molar-refractivity contribution is 7.90. The molecule has 1 aromatic carbocycles. The molecule has 0 aromatic heterocycles. The monoisotopic (exact) mass is 238 g/mol. The van der Waals surface area contributed by atoms with Crippen LogP contribution in [-0.4, -0.2) is 20.3 Å². The fourth-order valence-corrected chi connectivity index (χ4v) is 2.78. The Labute approximate surface area is 95.5 Å². The molecule has 1 aliphatic rings. The van der Waals surface area contributed by atoms with Gasteiger partial charge in [0.05, 0.1) is 4.90 Å². The lowest BCUT2D eigenvalue weighted by Gasteiger charge is -2.03. The Morgan fingerprint density at radius 1 is 1.38 bits per heavy atom. The van der Waals surface area contributed by atoms with Gasteiger partial charge in [-0.05, 0) is 25.5 Å². The first kappa shape index (κ1) is 11.1. The number of amidine groups is 1. The molecule has 86 valence electrons. The SMILES string of the molecule is CCC(C)N=C1NS(=O)(=O)c2ccccc21. The number of nitrogens with one attached hydrogen (secondary N) is 1. The van der Waals surface area contributed by atoms with Crippen LogP contribution in [-0.2, 0) is 10.0 Å². The minimum absolute atomic E-state index is 0.115. The maximum Gasteiger partial charge on any atom is 0.263 e. The van der Waals surface area contributed by atoms with Crippen LogP contribution in [0.25, 0.3) is 0 Å². The van der Waals surface area contributed by atoms with E-state index >= 15 is 0 Å². The van der Waals surface area contributed by atoms with E-state index in [1.165, 1.54) is 0 Å². The maximum absolute atomic E-state index is 11.7. The molecule has 0 bridgehead atoms. The first-order chi connectivity index (χ1) is 7.54. The molecule has 0 fully saturated rings. The van der Waals surface area contributed by atoms with Gasteiger partial charge >= 0.3 is 0 Å². The molecule has 1 aromatic rings. The van der Waals surface area contributed by atoms with Crippen LogP contribution in [0, 0.1) is 0 Å². The molecular weight excluding hydrogens is 224 g/mol. The summed E-state index contributed by atoms with van der Waals surface area (Å²) in [6.07, 6.45) is 0.882. The van der Waals surface area contributed by atoms with E-state index in [-0.39, 0.29) is 6.04 Å². The second kappa shape index (κ2) is 3.90. The van der Waals surface area contributed by atoms with Crippen molar-refractivity contribution in [2.45, 2.75) is 31.2 Å². The molecule has 1 aliphatic heterocycles. The van der Waals surface area contributed by atoms with Gasteiger partial charge in [-0.1, -0.05) is 19.1 Å². The van der Waals surface area contributed by atoms with Crippen LogP contribution in [0.2, 0.25) is 0 Å². The van der Waals surface area contributed by atoms with Gasteiger partial charge in [0.25, 0.3) is 10.0 Å². The highest BCUT2D eigenvalue weighted by Gasteiger charge is 2.30. The lowest BCUT2D eigenvalue weighted by Crippen LogP contribution is -2.23. The third kappa shape index (κ3) is 1.82. The zero-order valence-electron chi connectivity index (χ0n) is 9.27. The Morgan fingerprint density at radius 3 is 2.75 bits per heavy atom. The molecule has 0 aliphatic carbocycles. The smallest absolute Gasteiger partial charge is 0.263 e. The molecule has 0 saturated heterocycles. The molecule has 1 atom stereocenters. The van der Waals surface area contributed by atoms with Crippen molar-refractivity contribution in [2.24, 2.45) is 4.99 Å². The fourth-order valence-electron chi connectivity index (χ4n) is 1.54. The molecule has 0 radical (unpaired) electrons. The van der Waals surface area contributed by atoms with Crippen LogP contribution < -0.4 is 4.72 Å². The molecule has 1 heterocycles. The Hall–Kier alpha value is -1.36. The second-order valence-corrected chi connectivity index (χ2v) is 5.49. The molecule has 1 N–H and O–H groups in total. The summed E-state index contributed by atoms with van der Waals surface area (Å²) in [6, 6.07) is 7.01. The molecule has 4 nitrogen and oxygen atoms in total. The van der Waals surface area contributed by atoms with Gasteiger partial charge in [-0.2, -0.15) is 0 Å². The maximum atomic E-state index is 11.7. The van der Waals surface area contributed by atoms with E-state index in [1.807, 2.05) is 19.9 Å². The number of fused-ring (bicyclic) bond motifs is 1. The Balaban J connectivity index is 2.53. The van der Waals surface area contributed by atoms with Crippen molar-refractivity contribution >= 4 is 15.9 Å². The van der Waals surface area contributed by atoms with E-state index < -0.39 is 10.0 Å². The summed E-state index contributed by atoms with van der Waals surface area (Å²) in [5.41, 5.74) is 0.669. The summed E-state index contributed by atoms with van der Waals surface area (Å²) in [5.74, 6) is 0.463. The standard InChI is InChI=1S/C11H14N2O2S/c1-3-8(2)12-11-9-6-4-5-7-10(9)16(14,15)13-11/h4-8H,3H2,1-2H3,(H,12,13). The minimum Gasteiger partial charge on any atom is -0.264 e. The number of benzene rings is 1.